The summed E-state index contributed by atoms with van der Waals surface area (Å²) in [7, 11) is 0. The van der Waals surface area contributed by atoms with Gasteiger partial charge in [-0.1, -0.05) is 23.2 Å². The maximum absolute atomic E-state index is 11.7. The van der Waals surface area contributed by atoms with Gasteiger partial charge in [-0.3, -0.25) is 0 Å². The zero-order valence-corrected chi connectivity index (χ0v) is 19.8. The minimum atomic E-state index is -0.843. The minimum absolute atomic E-state index is 0.268. The molecule has 172 valence electrons. The van der Waals surface area contributed by atoms with E-state index in [2.05, 4.69) is 9.80 Å². The molecule has 2 aromatic carbocycles. The Morgan fingerprint density at radius 1 is 1.03 bits per heavy atom. The van der Waals surface area contributed by atoms with Crippen molar-refractivity contribution in [1.82, 2.24) is 4.90 Å². The van der Waals surface area contributed by atoms with Crippen molar-refractivity contribution in [3.63, 3.8) is 0 Å². The molecule has 5 nitrogen and oxygen atoms in total. The van der Waals surface area contributed by atoms with Crippen LogP contribution in [0.1, 0.15) is 47.2 Å². The van der Waals surface area contributed by atoms with Crippen molar-refractivity contribution in [2.24, 2.45) is 5.92 Å². The molecule has 6 heteroatoms. The third-order valence-corrected chi connectivity index (χ3v) is 7.05. The van der Waals surface area contributed by atoms with Gasteiger partial charge in [-0.25, -0.2) is 4.79 Å². The van der Waals surface area contributed by atoms with Crippen LogP contribution in [0.3, 0.4) is 0 Å². The number of nitrogens with zero attached hydrogens (tertiary/aromatic N) is 2. The van der Waals surface area contributed by atoms with Crippen LogP contribution in [-0.2, 0) is 0 Å². The fraction of sp³-hybridized carbons (Fsp3) is 0.500. The topological polar surface area (TPSA) is 53.0 Å². The lowest BCUT2D eigenvalue weighted by atomic mass is 9.94. The van der Waals surface area contributed by atoms with Gasteiger partial charge in [-0.2, -0.15) is 0 Å². The molecule has 0 saturated carbocycles. The second-order valence-corrected chi connectivity index (χ2v) is 9.72. The second kappa shape index (κ2) is 10.1. The molecule has 0 radical (unpaired) electrons. The number of aryl methyl sites for hydroxylation is 2. The summed E-state index contributed by atoms with van der Waals surface area (Å²) in [6, 6.07) is 11.6. The average Bonchev–Trinajstić information content (AvgIpc) is 2.77. The molecule has 2 fully saturated rings. The third kappa shape index (κ3) is 5.57. The van der Waals surface area contributed by atoms with Crippen molar-refractivity contribution >= 4 is 23.3 Å². The van der Waals surface area contributed by atoms with E-state index in [1.807, 2.05) is 44.2 Å². The molecule has 0 aliphatic carbocycles. The highest BCUT2D eigenvalue weighted by Gasteiger charge is 2.27. The van der Waals surface area contributed by atoms with Gasteiger partial charge in [0, 0.05) is 37.7 Å². The van der Waals surface area contributed by atoms with Crippen LogP contribution in [0.25, 0.3) is 0 Å². The first kappa shape index (κ1) is 22.9. The largest absolute Gasteiger partial charge is 0.490 e. The van der Waals surface area contributed by atoms with Crippen molar-refractivity contribution in [1.29, 1.82) is 0 Å². The van der Waals surface area contributed by atoms with Crippen LogP contribution >= 0.6 is 11.6 Å². The van der Waals surface area contributed by atoms with Crippen molar-refractivity contribution in [3.05, 3.63) is 58.1 Å². The Labute approximate surface area is 195 Å². The maximum atomic E-state index is 11.7. The molecular formula is C26H33ClN2O3. The van der Waals surface area contributed by atoms with Crippen molar-refractivity contribution in [3.8, 4) is 5.75 Å². The number of likely N-dealkylation sites (tertiary alicyclic amines) is 1. The van der Waals surface area contributed by atoms with E-state index in [1.54, 1.807) is 6.07 Å². The zero-order chi connectivity index (χ0) is 22.7. The molecule has 0 atom stereocenters. The van der Waals surface area contributed by atoms with Crippen LogP contribution in [0.15, 0.2) is 36.4 Å². The van der Waals surface area contributed by atoms with E-state index >= 15 is 0 Å². The van der Waals surface area contributed by atoms with E-state index in [0.29, 0.717) is 11.5 Å². The van der Waals surface area contributed by atoms with Crippen molar-refractivity contribution in [2.45, 2.75) is 45.6 Å². The monoisotopic (exact) mass is 456 g/mol. The molecule has 32 heavy (non-hydrogen) atoms. The third-order valence-electron chi connectivity index (χ3n) is 6.82. The first-order valence-corrected chi connectivity index (χ1v) is 12.0. The lowest BCUT2D eigenvalue weighted by Crippen LogP contribution is -2.43. The predicted molar refractivity (Wildman–Crippen MR) is 129 cm³/mol. The molecule has 0 spiro atoms. The summed E-state index contributed by atoms with van der Waals surface area (Å²) in [6.45, 7) is 9.08. The standard InChI is InChI=1S/C26H33ClN2O3/c1-18-3-5-24(23(15-18)26(30)31)29-13-7-20(8-14-29)17-28-11-9-22(10-12-28)32-25-6-4-21(27)16-19(25)2/h3-6,15-16,20,22H,7-14,17H2,1-2H3,(H,30,31). The number of ether oxygens (including phenoxy) is 1. The Morgan fingerprint density at radius 2 is 1.75 bits per heavy atom. The quantitative estimate of drug-likeness (QED) is 0.629. The van der Waals surface area contributed by atoms with Gasteiger partial charge in [0.1, 0.15) is 11.9 Å². The average molecular weight is 457 g/mol. The molecule has 0 unspecified atom stereocenters. The van der Waals surface area contributed by atoms with Gasteiger partial charge in [-0.15, -0.1) is 0 Å². The number of hydrogen-bond donors (Lipinski definition) is 1. The Kier molecular flexibility index (Phi) is 7.27. The molecule has 0 amide bonds. The number of carboxylic acid groups (broad SMARTS) is 1. The van der Waals surface area contributed by atoms with Gasteiger partial charge in [0.15, 0.2) is 0 Å². The lowest BCUT2D eigenvalue weighted by molar-refractivity contribution is 0.0697. The van der Waals surface area contributed by atoms with Crippen LogP contribution < -0.4 is 9.64 Å². The Morgan fingerprint density at radius 3 is 2.41 bits per heavy atom. The number of benzene rings is 2. The Bertz CT molecular complexity index is 948. The summed E-state index contributed by atoms with van der Waals surface area (Å²) >= 11 is 6.05. The number of carboxylic acids is 1. The Balaban J connectivity index is 1.24. The smallest absolute Gasteiger partial charge is 0.337 e. The van der Waals surface area contributed by atoms with E-state index in [0.717, 1.165) is 86.0 Å². The first-order chi connectivity index (χ1) is 15.4. The number of aromatic carboxylic acids is 1. The number of hydrogen-bond acceptors (Lipinski definition) is 4. The van der Waals surface area contributed by atoms with E-state index < -0.39 is 5.97 Å². The number of carbonyl (C=O) groups is 1. The van der Waals surface area contributed by atoms with Crippen LogP contribution in [0.4, 0.5) is 5.69 Å². The maximum Gasteiger partial charge on any atom is 0.337 e. The van der Waals surface area contributed by atoms with E-state index in [9.17, 15) is 9.90 Å². The summed E-state index contributed by atoms with van der Waals surface area (Å²) < 4.78 is 6.24. The predicted octanol–water partition coefficient (Wildman–Crippen LogP) is 5.41. The highest BCUT2D eigenvalue weighted by molar-refractivity contribution is 6.30. The van der Waals surface area contributed by atoms with E-state index in [4.69, 9.17) is 16.3 Å². The second-order valence-electron chi connectivity index (χ2n) is 9.28. The normalized spacial score (nSPS) is 18.7. The van der Waals surface area contributed by atoms with Crippen molar-refractivity contribution in [2.75, 3.05) is 37.6 Å². The summed E-state index contributed by atoms with van der Waals surface area (Å²) in [5, 5.41) is 10.3. The van der Waals surface area contributed by atoms with Crippen molar-refractivity contribution < 1.29 is 14.6 Å². The number of rotatable bonds is 6. The first-order valence-electron chi connectivity index (χ1n) is 11.6. The van der Waals surface area contributed by atoms with Gasteiger partial charge < -0.3 is 19.6 Å². The van der Waals surface area contributed by atoms with Gasteiger partial charge in [0.05, 0.1) is 11.3 Å². The zero-order valence-electron chi connectivity index (χ0n) is 19.0. The number of anilines is 1. The fourth-order valence-electron chi connectivity index (χ4n) is 4.95. The highest BCUT2D eigenvalue weighted by Crippen LogP contribution is 2.29. The number of piperidine rings is 2. The lowest BCUT2D eigenvalue weighted by Gasteiger charge is -2.38. The SMILES string of the molecule is Cc1ccc(N2CCC(CN3CCC(Oc4ccc(Cl)cc4C)CC3)CC2)c(C(=O)O)c1. The molecule has 1 N–H and O–H groups in total. The summed E-state index contributed by atoms with van der Waals surface area (Å²) in [4.78, 5) is 16.5. The number of halogens is 1. The molecule has 2 aromatic rings. The van der Waals surface area contributed by atoms with Crippen LogP contribution in [0.5, 0.6) is 5.75 Å². The van der Waals surface area contributed by atoms with Crippen LogP contribution in [0, 0.1) is 19.8 Å². The minimum Gasteiger partial charge on any atom is -0.490 e. The Hall–Kier alpha value is -2.24. The molecule has 4 rings (SSSR count). The van der Waals surface area contributed by atoms with Gasteiger partial charge in [-0.05, 0) is 81.3 Å². The molecule has 2 heterocycles. The molecule has 2 aliphatic rings. The fourth-order valence-corrected chi connectivity index (χ4v) is 5.18. The molecule has 0 bridgehead atoms. The molecular weight excluding hydrogens is 424 g/mol. The molecule has 2 aliphatic heterocycles. The van der Waals surface area contributed by atoms with E-state index in [-0.39, 0.29) is 6.10 Å². The summed E-state index contributed by atoms with van der Waals surface area (Å²) in [6.07, 6.45) is 4.57. The van der Waals surface area contributed by atoms with Crippen LogP contribution in [-0.4, -0.2) is 54.8 Å². The van der Waals surface area contributed by atoms with Gasteiger partial charge >= 0.3 is 5.97 Å². The summed E-state index contributed by atoms with van der Waals surface area (Å²) in [5.74, 6) is 0.766. The molecule has 0 aromatic heterocycles. The van der Waals surface area contributed by atoms with Gasteiger partial charge in [0.25, 0.3) is 0 Å². The van der Waals surface area contributed by atoms with E-state index in [1.165, 1.54) is 0 Å². The van der Waals surface area contributed by atoms with Gasteiger partial charge in [0.2, 0.25) is 0 Å². The molecule has 2 saturated heterocycles. The highest BCUT2D eigenvalue weighted by atomic mass is 35.5. The summed E-state index contributed by atoms with van der Waals surface area (Å²) in [5.41, 5.74) is 3.35. The van der Waals surface area contributed by atoms with Crippen LogP contribution in [0.2, 0.25) is 5.02 Å².